The second kappa shape index (κ2) is 9.16. The number of carbonyl (C=O) groups excluding carboxylic acids is 2. The highest BCUT2D eigenvalue weighted by atomic mass is 79.9. The van der Waals surface area contributed by atoms with Crippen LogP contribution >= 0.6 is 15.9 Å². The van der Waals surface area contributed by atoms with E-state index in [2.05, 4.69) is 21.2 Å². The topological polar surface area (TPSA) is 49.4 Å². The van der Waals surface area contributed by atoms with Gasteiger partial charge in [-0.3, -0.25) is 9.59 Å². The third-order valence-electron chi connectivity index (χ3n) is 3.63. The van der Waals surface area contributed by atoms with Gasteiger partial charge in [0.15, 0.2) is 0 Å². The molecule has 0 saturated heterocycles. The zero-order valence-electron chi connectivity index (χ0n) is 14.9. The molecular weight excluding hydrogens is 375 g/mol. The Morgan fingerprint density at radius 2 is 1.88 bits per heavy atom. The lowest BCUT2D eigenvalue weighted by molar-refractivity contribution is -0.137. The molecule has 1 atom stereocenters. The Bertz CT molecular complexity index is 590. The van der Waals surface area contributed by atoms with Crippen molar-refractivity contribution in [3.8, 4) is 0 Å². The zero-order valence-corrected chi connectivity index (χ0v) is 16.5. The summed E-state index contributed by atoms with van der Waals surface area (Å²) < 4.78 is 14.6. The van der Waals surface area contributed by atoms with E-state index in [1.165, 1.54) is 11.0 Å². The summed E-state index contributed by atoms with van der Waals surface area (Å²) in [6.07, 6.45) is 0.375. The molecule has 0 heterocycles. The van der Waals surface area contributed by atoms with Crippen molar-refractivity contribution in [3.05, 3.63) is 34.1 Å². The first-order chi connectivity index (χ1) is 11.1. The minimum atomic E-state index is -0.614. The molecule has 0 fully saturated rings. The summed E-state index contributed by atoms with van der Waals surface area (Å²) in [5.74, 6) is -0.548. The number of carbonyl (C=O) groups is 2. The first-order valence-corrected chi connectivity index (χ1v) is 8.89. The van der Waals surface area contributed by atoms with E-state index in [9.17, 15) is 14.0 Å². The number of halogens is 2. The van der Waals surface area contributed by atoms with Crippen LogP contribution in [0.1, 0.15) is 39.7 Å². The van der Waals surface area contributed by atoms with Crippen LogP contribution in [-0.2, 0) is 16.1 Å². The van der Waals surface area contributed by atoms with E-state index in [1.807, 2.05) is 27.7 Å². The van der Waals surface area contributed by atoms with Crippen LogP contribution in [0.3, 0.4) is 0 Å². The summed E-state index contributed by atoms with van der Waals surface area (Å²) in [6, 6.07) is 4.02. The molecule has 0 aliphatic carbocycles. The van der Waals surface area contributed by atoms with Gasteiger partial charge in [0.2, 0.25) is 11.8 Å². The first kappa shape index (κ1) is 20.6. The summed E-state index contributed by atoms with van der Waals surface area (Å²) >= 11 is 3.30. The average Bonchev–Trinajstić information content (AvgIpc) is 2.46. The first-order valence-electron chi connectivity index (χ1n) is 8.10. The van der Waals surface area contributed by atoms with Gasteiger partial charge in [-0.2, -0.15) is 0 Å². The molecule has 0 spiro atoms. The monoisotopic (exact) mass is 400 g/mol. The Labute approximate surface area is 151 Å². The maximum Gasteiger partial charge on any atom is 0.245 e. The molecule has 1 rings (SSSR count). The second-order valence-corrected chi connectivity index (χ2v) is 7.73. The molecule has 0 aliphatic rings. The van der Waals surface area contributed by atoms with Gasteiger partial charge < -0.3 is 10.2 Å². The van der Waals surface area contributed by atoms with E-state index < -0.39 is 6.04 Å². The van der Waals surface area contributed by atoms with Crippen molar-refractivity contribution in [1.82, 2.24) is 10.2 Å². The van der Waals surface area contributed by atoms with Crippen molar-refractivity contribution >= 4 is 27.7 Å². The Balaban J connectivity index is 2.82. The predicted octanol–water partition coefficient (Wildman–Crippen LogP) is 3.73. The van der Waals surface area contributed by atoms with Crippen LogP contribution in [0.2, 0.25) is 0 Å². The normalized spacial score (nSPS) is 12.4. The average molecular weight is 401 g/mol. The molecule has 0 aliphatic heterocycles. The van der Waals surface area contributed by atoms with Crippen LogP contribution in [0.5, 0.6) is 0 Å². The molecule has 1 unspecified atom stereocenters. The van der Waals surface area contributed by atoms with Gasteiger partial charge in [-0.25, -0.2) is 4.39 Å². The van der Waals surface area contributed by atoms with Crippen molar-refractivity contribution in [1.29, 1.82) is 0 Å². The summed E-state index contributed by atoms with van der Waals surface area (Å²) in [4.78, 5) is 26.1. The Kier molecular flexibility index (Phi) is 7.87. The van der Waals surface area contributed by atoms with Gasteiger partial charge in [0.25, 0.3) is 0 Å². The number of likely N-dealkylation sites (N-methyl/N-ethyl adjacent to an activating group) is 1. The van der Waals surface area contributed by atoms with Crippen molar-refractivity contribution in [3.63, 3.8) is 0 Å². The van der Waals surface area contributed by atoms with Gasteiger partial charge >= 0.3 is 0 Å². The van der Waals surface area contributed by atoms with Crippen LogP contribution < -0.4 is 5.32 Å². The largest absolute Gasteiger partial charge is 0.344 e. The highest BCUT2D eigenvalue weighted by Crippen LogP contribution is 2.18. The maximum absolute atomic E-state index is 13.9. The van der Waals surface area contributed by atoms with Gasteiger partial charge in [0, 0.05) is 30.0 Å². The smallest absolute Gasteiger partial charge is 0.245 e. The minimum absolute atomic E-state index is 0.0524. The number of nitrogens with one attached hydrogen (secondary N) is 1. The number of rotatable bonds is 7. The predicted molar refractivity (Wildman–Crippen MR) is 96.8 cm³/mol. The van der Waals surface area contributed by atoms with Crippen LogP contribution in [-0.4, -0.2) is 29.8 Å². The Hall–Kier alpha value is -1.43. The molecule has 0 radical (unpaired) electrons. The molecule has 134 valence electrons. The summed E-state index contributed by atoms with van der Waals surface area (Å²) in [5, 5.41) is 2.81. The number of benzene rings is 1. The highest BCUT2D eigenvalue weighted by Gasteiger charge is 2.27. The maximum atomic E-state index is 13.9. The van der Waals surface area contributed by atoms with Crippen LogP contribution in [0.4, 0.5) is 4.39 Å². The fourth-order valence-electron chi connectivity index (χ4n) is 2.35. The lowest BCUT2D eigenvalue weighted by Crippen LogP contribution is -2.50. The van der Waals surface area contributed by atoms with E-state index in [-0.39, 0.29) is 36.0 Å². The van der Waals surface area contributed by atoms with E-state index in [1.54, 1.807) is 19.2 Å². The standard InChI is InChI=1S/C18H26BrFN2O2/c1-11(2)8-16(23)21-17(12(3)4)18(24)22(5)10-13-9-14(19)6-7-15(13)20/h6-7,9,11-12,17H,8,10H2,1-5H3,(H,21,23). The van der Waals surface area contributed by atoms with Crippen molar-refractivity contribution in [2.24, 2.45) is 11.8 Å². The van der Waals surface area contributed by atoms with Crippen LogP contribution in [0.25, 0.3) is 0 Å². The highest BCUT2D eigenvalue weighted by molar-refractivity contribution is 9.10. The molecule has 4 nitrogen and oxygen atoms in total. The Morgan fingerprint density at radius 3 is 2.42 bits per heavy atom. The van der Waals surface area contributed by atoms with Crippen molar-refractivity contribution < 1.29 is 14.0 Å². The van der Waals surface area contributed by atoms with Gasteiger partial charge in [-0.1, -0.05) is 43.6 Å². The lowest BCUT2D eigenvalue weighted by Gasteiger charge is -2.27. The van der Waals surface area contributed by atoms with E-state index in [0.29, 0.717) is 12.0 Å². The number of amides is 2. The lowest BCUT2D eigenvalue weighted by atomic mass is 10.0. The fourth-order valence-corrected chi connectivity index (χ4v) is 2.76. The van der Waals surface area contributed by atoms with E-state index in [0.717, 1.165) is 4.47 Å². The minimum Gasteiger partial charge on any atom is -0.344 e. The molecule has 1 N–H and O–H groups in total. The zero-order chi connectivity index (χ0) is 18.4. The SMILES string of the molecule is CC(C)CC(=O)NC(C(=O)N(C)Cc1cc(Br)ccc1F)C(C)C. The third-order valence-corrected chi connectivity index (χ3v) is 4.13. The summed E-state index contributed by atoms with van der Waals surface area (Å²) in [6.45, 7) is 7.81. The van der Waals surface area contributed by atoms with Crippen LogP contribution in [0, 0.1) is 17.7 Å². The fraction of sp³-hybridized carbons (Fsp3) is 0.556. The molecule has 1 aromatic rings. The number of nitrogens with zero attached hydrogens (tertiary/aromatic N) is 1. The summed E-state index contributed by atoms with van der Waals surface area (Å²) in [7, 11) is 1.62. The van der Waals surface area contributed by atoms with Gasteiger partial charge in [0.05, 0.1) is 0 Å². The van der Waals surface area contributed by atoms with Gasteiger partial charge in [-0.15, -0.1) is 0 Å². The molecular formula is C18H26BrFN2O2. The molecule has 6 heteroatoms. The molecule has 0 aromatic heterocycles. The van der Waals surface area contributed by atoms with E-state index >= 15 is 0 Å². The number of hydrogen-bond acceptors (Lipinski definition) is 2. The quantitative estimate of drug-likeness (QED) is 0.757. The van der Waals surface area contributed by atoms with E-state index in [4.69, 9.17) is 0 Å². The second-order valence-electron chi connectivity index (χ2n) is 6.82. The van der Waals surface area contributed by atoms with Crippen LogP contribution in [0.15, 0.2) is 22.7 Å². The van der Waals surface area contributed by atoms with Gasteiger partial charge in [-0.05, 0) is 30.0 Å². The molecule has 0 saturated carbocycles. The molecule has 24 heavy (non-hydrogen) atoms. The number of hydrogen-bond donors (Lipinski definition) is 1. The van der Waals surface area contributed by atoms with Crippen molar-refractivity contribution in [2.75, 3.05) is 7.05 Å². The van der Waals surface area contributed by atoms with Gasteiger partial charge in [0.1, 0.15) is 11.9 Å². The molecule has 1 aromatic carbocycles. The third kappa shape index (κ3) is 6.23. The molecule has 0 bridgehead atoms. The molecule has 2 amide bonds. The summed E-state index contributed by atoms with van der Waals surface area (Å²) in [5.41, 5.74) is 0.427. The van der Waals surface area contributed by atoms with Crippen molar-refractivity contribution in [2.45, 2.75) is 46.7 Å². The Morgan fingerprint density at radius 1 is 1.25 bits per heavy atom.